The summed E-state index contributed by atoms with van der Waals surface area (Å²) >= 11 is 6.23. The van der Waals surface area contributed by atoms with Gasteiger partial charge in [0.25, 0.3) is 0 Å². The number of pyridine rings is 1. The number of carbonyl (C=O) groups excluding carboxylic acids is 1. The Bertz CT molecular complexity index is 878. The van der Waals surface area contributed by atoms with E-state index >= 15 is 0 Å². The van der Waals surface area contributed by atoms with E-state index in [1.165, 1.54) is 12.1 Å². The summed E-state index contributed by atoms with van der Waals surface area (Å²) in [5, 5.41) is 0.827. The normalized spacial score (nSPS) is 10.7. The molecular weight excluding hydrogens is 317 g/mol. The topological polar surface area (TPSA) is 39.2 Å². The van der Waals surface area contributed by atoms with Gasteiger partial charge in [-0.05, 0) is 30.7 Å². The maximum atomic E-state index is 13.2. The molecule has 0 amide bonds. The third-order valence-corrected chi connectivity index (χ3v) is 3.73. The molecule has 23 heavy (non-hydrogen) atoms. The first kappa shape index (κ1) is 15.4. The van der Waals surface area contributed by atoms with E-state index < -0.39 is 5.97 Å². The standard InChI is InChI=1S/C18H13ClFNO2/c1-2-23-18(22)16-15(11-7-9-12(20)10-8-11)13-5-3-4-6-14(13)21-17(16)19/h3-10H,2H2,1H3. The molecule has 0 aliphatic rings. The van der Waals surface area contributed by atoms with Crippen LogP contribution in [0.25, 0.3) is 22.0 Å². The number of esters is 1. The monoisotopic (exact) mass is 329 g/mol. The van der Waals surface area contributed by atoms with Gasteiger partial charge in [0.2, 0.25) is 0 Å². The Morgan fingerprint density at radius 1 is 1.17 bits per heavy atom. The molecule has 2 aromatic carbocycles. The molecule has 1 heterocycles. The smallest absolute Gasteiger partial charge is 0.341 e. The van der Waals surface area contributed by atoms with Crippen LogP contribution in [0.2, 0.25) is 5.15 Å². The van der Waals surface area contributed by atoms with Gasteiger partial charge in [-0.2, -0.15) is 0 Å². The highest BCUT2D eigenvalue weighted by molar-refractivity contribution is 6.34. The number of fused-ring (bicyclic) bond motifs is 1. The molecule has 0 fully saturated rings. The van der Waals surface area contributed by atoms with Crippen LogP contribution in [0.4, 0.5) is 4.39 Å². The second kappa shape index (κ2) is 6.34. The molecule has 3 nitrogen and oxygen atoms in total. The van der Waals surface area contributed by atoms with Crippen LogP contribution >= 0.6 is 11.6 Å². The first-order valence-corrected chi connectivity index (χ1v) is 7.51. The largest absolute Gasteiger partial charge is 0.462 e. The maximum Gasteiger partial charge on any atom is 0.341 e. The minimum absolute atomic E-state index is 0.0708. The van der Waals surface area contributed by atoms with Crippen molar-refractivity contribution in [2.45, 2.75) is 6.92 Å². The van der Waals surface area contributed by atoms with Crippen molar-refractivity contribution < 1.29 is 13.9 Å². The van der Waals surface area contributed by atoms with Crippen LogP contribution in [0.3, 0.4) is 0 Å². The zero-order chi connectivity index (χ0) is 16.4. The van der Waals surface area contributed by atoms with Crippen LogP contribution in [0.5, 0.6) is 0 Å². The molecule has 0 aliphatic heterocycles. The molecule has 0 saturated carbocycles. The zero-order valence-corrected chi connectivity index (χ0v) is 13.1. The molecule has 116 valence electrons. The molecule has 0 spiro atoms. The summed E-state index contributed by atoms with van der Waals surface area (Å²) in [6.07, 6.45) is 0. The van der Waals surface area contributed by atoms with Gasteiger partial charge in [-0.25, -0.2) is 14.2 Å². The molecule has 0 N–H and O–H groups in total. The fraction of sp³-hybridized carbons (Fsp3) is 0.111. The molecule has 1 aromatic heterocycles. The predicted octanol–water partition coefficient (Wildman–Crippen LogP) is 4.87. The first-order chi connectivity index (χ1) is 11.1. The highest BCUT2D eigenvalue weighted by atomic mass is 35.5. The third kappa shape index (κ3) is 2.90. The lowest BCUT2D eigenvalue weighted by molar-refractivity contribution is 0.0527. The van der Waals surface area contributed by atoms with Gasteiger partial charge in [-0.1, -0.05) is 41.9 Å². The molecule has 5 heteroatoms. The predicted molar refractivity (Wildman–Crippen MR) is 88.1 cm³/mol. The molecule has 3 rings (SSSR count). The highest BCUT2D eigenvalue weighted by Crippen LogP contribution is 2.35. The third-order valence-electron chi connectivity index (χ3n) is 3.46. The van der Waals surface area contributed by atoms with Crippen molar-refractivity contribution in [2.75, 3.05) is 6.61 Å². The van der Waals surface area contributed by atoms with Crippen molar-refractivity contribution in [3.8, 4) is 11.1 Å². The number of rotatable bonds is 3. The summed E-state index contributed by atoms with van der Waals surface area (Å²) in [6.45, 7) is 1.95. The number of ether oxygens (including phenoxy) is 1. The van der Waals surface area contributed by atoms with Crippen molar-refractivity contribution in [1.29, 1.82) is 0 Å². The second-order valence-corrected chi connectivity index (χ2v) is 5.26. The van der Waals surface area contributed by atoms with E-state index in [1.54, 1.807) is 19.1 Å². The summed E-state index contributed by atoms with van der Waals surface area (Å²) < 4.78 is 18.4. The van der Waals surface area contributed by atoms with Crippen molar-refractivity contribution in [3.63, 3.8) is 0 Å². The number of halogens is 2. The number of hydrogen-bond donors (Lipinski definition) is 0. The van der Waals surface area contributed by atoms with Gasteiger partial charge >= 0.3 is 5.97 Å². The molecular formula is C18H13ClFNO2. The lowest BCUT2D eigenvalue weighted by atomic mass is 9.96. The fourth-order valence-electron chi connectivity index (χ4n) is 2.49. The van der Waals surface area contributed by atoms with Crippen molar-refractivity contribution >= 4 is 28.5 Å². The van der Waals surface area contributed by atoms with E-state index in [0.717, 1.165) is 5.39 Å². The lowest BCUT2D eigenvalue weighted by Gasteiger charge is -2.14. The SMILES string of the molecule is CCOC(=O)c1c(Cl)nc2ccccc2c1-c1ccc(F)cc1. The average molecular weight is 330 g/mol. The average Bonchev–Trinajstić information content (AvgIpc) is 2.54. The van der Waals surface area contributed by atoms with E-state index in [2.05, 4.69) is 4.98 Å². The summed E-state index contributed by atoms with van der Waals surface area (Å²) in [5.41, 5.74) is 2.12. The second-order valence-electron chi connectivity index (χ2n) is 4.90. The summed E-state index contributed by atoms with van der Waals surface area (Å²) in [6, 6.07) is 13.2. The van der Waals surface area contributed by atoms with Gasteiger partial charge in [0, 0.05) is 10.9 Å². The number of carbonyl (C=O) groups is 1. The van der Waals surface area contributed by atoms with Crippen LogP contribution in [-0.2, 0) is 4.74 Å². The first-order valence-electron chi connectivity index (χ1n) is 7.13. The van der Waals surface area contributed by atoms with Crippen molar-refractivity contribution in [1.82, 2.24) is 4.98 Å². The van der Waals surface area contributed by atoms with Crippen LogP contribution in [0, 0.1) is 5.82 Å². The van der Waals surface area contributed by atoms with E-state index in [4.69, 9.17) is 16.3 Å². The Balaban J connectivity index is 2.36. The van der Waals surface area contributed by atoms with Crippen LogP contribution in [-0.4, -0.2) is 17.6 Å². The Morgan fingerprint density at radius 3 is 2.57 bits per heavy atom. The minimum Gasteiger partial charge on any atom is -0.462 e. The molecule has 0 unspecified atom stereocenters. The Labute approximate surface area is 137 Å². The Kier molecular flexibility index (Phi) is 4.26. The maximum absolute atomic E-state index is 13.2. The number of nitrogens with zero attached hydrogens (tertiary/aromatic N) is 1. The zero-order valence-electron chi connectivity index (χ0n) is 12.3. The van der Waals surface area contributed by atoms with Crippen LogP contribution < -0.4 is 0 Å². The van der Waals surface area contributed by atoms with E-state index in [1.807, 2.05) is 24.3 Å². The van der Waals surface area contributed by atoms with E-state index in [-0.39, 0.29) is 23.1 Å². The van der Waals surface area contributed by atoms with Crippen molar-refractivity contribution in [2.24, 2.45) is 0 Å². The quantitative estimate of drug-likeness (QED) is 0.508. The molecule has 3 aromatic rings. The van der Waals surface area contributed by atoms with Gasteiger partial charge in [0.15, 0.2) is 0 Å². The van der Waals surface area contributed by atoms with Gasteiger partial charge in [-0.15, -0.1) is 0 Å². The fourth-order valence-corrected chi connectivity index (χ4v) is 2.75. The van der Waals surface area contributed by atoms with Gasteiger partial charge in [-0.3, -0.25) is 0 Å². The van der Waals surface area contributed by atoms with E-state index in [0.29, 0.717) is 16.6 Å². The number of benzene rings is 2. The minimum atomic E-state index is -0.546. The molecule has 0 aliphatic carbocycles. The number of para-hydroxylation sites is 1. The Morgan fingerprint density at radius 2 is 1.87 bits per heavy atom. The van der Waals surface area contributed by atoms with Crippen LogP contribution in [0.1, 0.15) is 17.3 Å². The summed E-state index contributed by atoms with van der Waals surface area (Å²) in [4.78, 5) is 16.6. The van der Waals surface area contributed by atoms with E-state index in [9.17, 15) is 9.18 Å². The number of hydrogen-bond acceptors (Lipinski definition) is 3. The van der Waals surface area contributed by atoms with Gasteiger partial charge < -0.3 is 4.74 Å². The molecule has 0 bridgehead atoms. The van der Waals surface area contributed by atoms with Gasteiger partial charge in [0.1, 0.15) is 16.5 Å². The highest BCUT2D eigenvalue weighted by Gasteiger charge is 2.22. The molecule has 0 atom stereocenters. The van der Waals surface area contributed by atoms with Crippen LogP contribution in [0.15, 0.2) is 48.5 Å². The van der Waals surface area contributed by atoms with Crippen molar-refractivity contribution in [3.05, 3.63) is 65.1 Å². The molecule has 0 saturated heterocycles. The Hall–Kier alpha value is -2.46. The summed E-state index contributed by atoms with van der Waals surface area (Å²) in [5.74, 6) is -0.897. The summed E-state index contributed by atoms with van der Waals surface area (Å²) in [7, 11) is 0. The number of aromatic nitrogens is 1. The van der Waals surface area contributed by atoms with Gasteiger partial charge in [0.05, 0.1) is 12.1 Å². The molecule has 0 radical (unpaired) electrons. The lowest BCUT2D eigenvalue weighted by Crippen LogP contribution is -2.09.